The topological polar surface area (TPSA) is 78.9 Å². The Morgan fingerprint density at radius 2 is 1.56 bits per heavy atom. The minimum atomic E-state index is -4.05. The third-order valence-electron chi connectivity index (χ3n) is 5.10. The lowest BCUT2D eigenvalue weighted by atomic mass is 10.0. The Kier molecular flexibility index (Phi) is 5.76. The SMILES string of the molecule is COc1ccc(S(=O)(=O)Oc2ccc3c(c2)O/C(=C\c2ccc(C(C)C)cc2)C3=O)cc1. The Hall–Kier alpha value is -3.58. The van der Waals surface area contributed by atoms with Gasteiger partial charge in [-0.3, -0.25) is 4.79 Å². The van der Waals surface area contributed by atoms with Crippen LogP contribution in [-0.4, -0.2) is 21.3 Å². The molecule has 0 bridgehead atoms. The Balaban J connectivity index is 1.54. The molecule has 0 spiro atoms. The molecule has 0 atom stereocenters. The molecule has 7 heteroatoms. The summed E-state index contributed by atoms with van der Waals surface area (Å²) in [5.74, 6) is 1.16. The average Bonchev–Trinajstić information content (AvgIpc) is 3.08. The van der Waals surface area contributed by atoms with Crippen LogP contribution in [0, 0.1) is 0 Å². The van der Waals surface area contributed by atoms with Crippen molar-refractivity contribution in [1.29, 1.82) is 0 Å². The van der Waals surface area contributed by atoms with Gasteiger partial charge in [0.05, 0.1) is 12.7 Å². The fourth-order valence-corrected chi connectivity index (χ4v) is 4.19. The second-order valence-electron chi connectivity index (χ2n) is 7.63. The van der Waals surface area contributed by atoms with Gasteiger partial charge in [0.1, 0.15) is 22.1 Å². The van der Waals surface area contributed by atoms with Crippen LogP contribution in [0.2, 0.25) is 0 Å². The van der Waals surface area contributed by atoms with Gasteiger partial charge in [-0.2, -0.15) is 8.42 Å². The predicted molar refractivity (Wildman–Crippen MR) is 121 cm³/mol. The number of ether oxygens (including phenoxy) is 2. The standard InChI is InChI=1S/C25H22O6S/c1-16(2)18-6-4-17(5-7-18)14-24-25(26)22-13-10-20(15-23(22)30-24)31-32(27,28)21-11-8-19(29-3)9-12-21/h4-16H,1-3H3/b24-14-. The summed E-state index contributed by atoms with van der Waals surface area (Å²) in [6.07, 6.45) is 1.67. The van der Waals surface area contributed by atoms with Gasteiger partial charge in [-0.15, -0.1) is 0 Å². The number of allylic oxidation sites excluding steroid dienone is 1. The Bertz CT molecular complexity index is 1290. The van der Waals surface area contributed by atoms with Gasteiger partial charge in [0.2, 0.25) is 5.78 Å². The highest BCUT2D eigenvalue weighted by Crippen LogP contribution is 2.36. The molecule has 6 nitrogen and oxygen atoms in total. The lowest BCUT2D eigenvalue weighted by molar-refractivity contribution is 0.101. The number of carbonyl (C=O) groups excluding carboxylic acids is 1. The molecule has 0 amide bonds. The Morgan fingerprint density at radius 1 is 0.906 bits per heavy atom. The third-order valence-corrected chi connectivity index (χ3v) is 6.36. The van der Waals surface area contributed by atoms with Gasteiger partial charge in [0.25, 0.3) is 0 Å². The van der Waals surface area contributed by atoms with Crippen molar-refractivity contribution >= 4 is 22.0 Å². The molecule has 0 N–H and O–H groups in total. The zero-order chi connectivity index (χ0) is 22.9. The molecule has 1 heterocycles. The number of carbonyl (C=O) groups is 1. The van der Waals surface area contributed by atoms with Crippen LogP contribution in [0.25, 0.3) is 6.08 Å². The van der Waals surface area contributed by atoms with E-state index < -0.39 is 10.1 Å². The summed E-state index contributed by atoms with van der Waals surface area (Å²) in [5.41, 5.74) is 2.39. The minimum Gasteiger partial charge on any atom is -0.497 e. The summed E-state index contributed by atoms with van der Waals surface area (Å²) >= 11 is 0. The molecule has 164 valence electrons. The molecular weight excluding hydrogens is 428 g/mol. The van der Waals surface area contributed by atoms with Crippen LogP contribution in [0.4, 0.5) is 0 Å². The Morgan fingerprint density at radius 3 is 2.19 bits per heavy atom. The van der Waals surface area contributed by atoms with Crippen molar-refractivity contribution in [2.75, 3.05) is 7.11 Å². The first kappa shape index (κ1) is 21.6. The lowest BCUT2D eigenvalue weighted by Gasteiger charge is -2.08. The van der Waals surface area contributed by atoms with E-state index in [1.807, 2.05) is 24.3 Å². The summed E-state index contributed by atoms with van der Waals surface area (Å²) in [5, 5.41) is 0. The van der Waals surface area contributed by atoms with E-state index in [4.69, 9.17) is 13.7 Å². The summed E-state index contributed by atoms with van der Waals surface area (Å²) in [4.78, 5) is 12.7. The van der Waals surface area contributed by atoms with Crippen molar-refractivity contribution in [2.24, 2.45) is 0 Å². The Labute approximate surface area is 187 Å². The molecule has 4 rings (SSSR count). The zero-order valence-electron chi connectivity index (χ0n) is 17.9. The second-order valence-corrected chi connectivity index (χ2v) is 9.18. The first-order chi connectivity index (χ1) is 15.3. The van der Waals surface area contributed by atoms with Gasteiger partial charge in [-0.25, -0.2) is 0 Å². The molecule has 0 aliphatic carbocycles. The molecule has 3 aromatic rings. The molecule has 0 radical (unpaired) electrons. The number of ketones is 1. The van der Waals surface area contributed by atoms with E-state index in [1.54, 1.807) is 6.08 Å². The van der Waals surface area contributed by atoms with Crippen LogP contribution in [0.15, 0.2) is 77.4 Å². The normalized spacial score (nSPS) is 14.4. The molecule has 0 saturated heterocycles. The van der Waals surface area contributed by atoms with Crippen LogP contribution in [0.3, 0.4) is 0 Å². The van der Waals surface area contributed by atoms with Crippen LogP contribution in [0.5, 0.6) is 17.2 Å². The fraction of sp³-hybridized carbons (Fsp3) is 0.160. The fourth-order valence-electron chi connectivity index (χ4n) is 3.26. The second kappa shape index (κ2) is 8.51. The van der Waals surface area contributed by atoms with E-state index in [1.165, 1.54) is 55.1 Å². The van der Waals surface area contributed by atoms with Gasteiger partial charge in [0, 0.05) is 6.07 Å². The molecule has 3 aromatic carbocycles. The summed E-state index contributed by atoms with van der Waals surface area (Å²) in [6.45, 7) is 4.23. The van der Waals surface area contributed by atoms with E-state index in [9.17, 15) is 13.2 Å². The molecule has 0 fully saturated rings. The van der Waals surface area contributed by atoms with E-state index in [0.717, 1.165) is 5.56 Å². The van der Waals surface area contributed by atoms with Crippen molar-refractivity contribution < 1.29 is 26.9 Å². The van der Waals surface area contributed by atoms with Crippen molar-refractivity contribution in [3.8, 4) is 17.2 Å². The van der Waals surface area contributed by atoms with Gasteiger partial charge in [-0.05, 0) is 59.5 Å². The van der Waals surface area contributed by atoms with Crippen molar-refractivity contribution in [1.82, 2.24) is 0 Å². The maximum absolute atomic E-state index is 12.7. The highest BCUT2D eigenvalue weighted by atomic mass is 32.2. The number of methoxy groups -OCH3 is 1. The van der Waals surface area contributed by atoms with E-state index >= 15 is 0 Å². The zero-order valence-corrected chi connectivity index (χ0v) is 18.7. The smallest absolute Gasteiger partial charge is 0.339 e. The number of Topliss-reactive ketones (excluding diaryl/α,β-unsaturated/α-hetero) is 1. The number of hydrogen-bond acceptors (Lipinski definition) is 6. The quantitative estimate of drug-likeness (QED) is 0.379. The van der Waals surface area contributed by atoms with Crippen molar-refractivity contribution in [3.05, 3.63) is 89.2 Å². The van der Waals surface area contributed by atoms with Crippen LogP contribution < -0.4 is 13.7 Å². The van der Waals surface area contributed by atoms with Crippen LogP contribution >= 0.6 is 0 Å². The van der Waals surface area contributed by atoms with Crippen molar-refractivity contribution in [2.45, 2.75) is 24.7 Å². The highest BCUT2D eigenvalue weighted by Gasteiger charge is 2.28. The van der Waals surface area contributed by atoms with E-state index in [2.05, 4.69) is 13.8 Å². The predicted octanol–water partition coefficient (Wildman–Crippen LogP) is 5.20. The molecule has 1 aliphatic heterocycles. The van der Waals surface area contributed by atoms with Crippen LogP contribution in [0.1, 0.15) is 41.3 Å². The lowest BCUT2D eigenvalue weighted by Crippen LogP contribution is -2.09. The molecule has 0 aromatic heterocycles. The number of benzene rings is 3. The maximum Gasteiger partial charge on any atom is 0.339 e. The highest BCUT2D eigenvalue weighted by molar-refractivity contribution is 7.87. The number of fused-ring (bicyclic) bond motifs is 1. The van der Waals surface area contributed by atoms with Gasteiger partial charge >= 0.3 is 10.1 Å². The van der Waals surface area contributed by atoms with Gasteiger partial charge < -0.3 is 13.7 Å². The minimum absolute atomic E-state index is 0.0128. The number of rotatable bonds is 6. The third kappa shape index (κ3) is 4.38. The maximum atomic E-state index is 12.7. The molecule has 0 unspecified atom stereocenters. The summed E-state index contributed by atoms with van der Waals surface area (Å²) in [6, 6.07) is 18.1. The molecule has 1 aliphatic rings. The number of hydrogen-bond donors (Lipinski definition) is 0. The van der Waals surface area contributed by atoms with Crippen molar-refractivity contribution in [3.63, 3.8) is 0 Å². The molecular formula is C25H22O6S. The average molecular weight is 451 g/mol. The molecule has 0 saturated carbocycles. The first-order valence-corrected chi connectivity index (χ1v) is 11.4. The largest absolute Gasteiger partial charge is 0.497 e. The van der Waals surface area contributed by atoms with Crippen LogP contribution in [-0.2, 0) is 10.1 Å². The summed E-state index contributed by atoms with van der Waals surface area (Å²) in [7, 11) is -2.56. The monoisotopic (exact) mass is 450 g/mol. The first-order valence-electron chi connectivity index (χ1n) is 10.0. The van der Waals surface area contributed by atoms with E-state index in [-0.39, 0.29) is 27.9 Å². The molecule has 32 heavy (non-hydrogen) atoms. The van der Waals surface area contributed by atoms with E-state index in [0.29, 0.717) is 17.2 Å². The summed E-state index contributed by atoms with van der Waals surface area (Å²) < 4.78 is 41.1. The van der Waals surface area contributed by atoms with Gasteiger partial charge in [-0.1, -0.05) is 38.1 Å². The van der Waals surface area contributed by atoms with Gasteiger partial charge in [0.15, 0.2) is 5.76 Å².